The number of para-hydroxylation sites is 1. The standard InChI is InChI=1S/C40H39N7O3/c1-45-17-19-46(20-18-45)28-14-16-35(41-22-28)43-33-23-42-39(37-30-11-7-8-12-32(30)44-38(37)26-9-5-4-6-10-26)31-25-47(40(48)36(31)33)24-27-13-15-29(49-2)21-34(27)50-3/h4-16,21-23,44H,17-20,24-25H2,1-3H3,(H,41,43). The summed E-state index contributed by atoms with van der Waals surface area (Å²) in [4.78, 5) is 34.6. The number of pyridine rings is 2. The van der Waals surface area contributed by atoms with Gasteiger partial charge in [-0.2, -0.15) is 0 Å². The molecule has 10 nitrogen and oxygen atoms in total. The van der Waals surface area contributed by atoms with Gasteiger partial charge in [0.1, 0.15) is 17.3 Å². The van der Waals surface area contributed by atoms with E-state index in [-0.39, 0.29) is 5.91 Å². The van der Waals surface area contributed by atoms with Gasteiger partial charge in [0.05, 0.1) is 54.9 Å². The number of anilines is 3. The summed E-state index contributed by atoms with van der Waals surface area (Å²) in [6.45, 7) is 4.71. The lowest BCUT2D eigenvalue weighted by molar-refractivity contribution is 0.0766. The Morgan fingerprint density at radius 1 is 0.840 bits per heavy atom. The number of piperazine rings is 1. The van der Waals surface area contributed by atoms with Gasteiger partial charge in [0.2, 0.25) is 0 Å². The lowest BCUT2D eigenvalue weighted by Gasteiger charge is -2.33. The number of H-pyrrole nitrogens is 1. The van der Waals surface area contributed by atoms with Crippen molar-refractivity contribution >= 4 is 34.0 Å². The zero-order valence-corrected chi connectivity index (χ0v) is 28.4. The summed E-state index contributed by atoms with van der Waals surface area (Å²) >= 11 is 0. The fourth-order valence-electron chi connectivity index (χ4n) is 7.06. The van der Waals surface area contributed by atoms with E-state index < -0.39 is 0 Å². The van der Waals surface area contributed by atoms with Crippen LogP contribution in [0.25, 0.3) is 33.4 Å². The van der Waals surface area contributed by atoms with E-state index in [1.807, 2.05) is 65.7 Å². The number of benzene rings is 3. The second-order valence-corrected chi connectivity index (χ2v) is 12.8. The van der Waals surface area contributed by atoms with Gasteiger partial charge in [-0.15, -0.1) is 0 Å². The minimum Gasteiger partial charge on any atom is -0.497 e. The Bertz CT molecular complexity index is 2170. The molecule has 5 heterocycles. The predicted octanol–water partition coefficient (Wildman–Crippen LogP) is 6.96. The molecule has 2 N–H and O–H groups in total. The third kappa shape index (κ3) is 5.77. The molecule has 0 unspecified atom stereocenters. The van der Waals surface area contributed by atoms with Crippen molar-refractivity contribution in [2.75, 3.05) is 57.7 Å². The fraction of sp³-hybridized carbons (Fsp3) is 0.225. The van der Waals surface area contributed by atoms with Crippen molar-refractivity contribution in [3.63, 3.8) is 0 Å². The molecule has 10 heteroatoms. The van der Waals surface area contributed by atoms with E-state index in [0.29, 0.717) is 41.7 Å². The van der Waals surface area contributed by atoms with Crippen molar-refractivity contribution in [2.24, 2.45) is 0 Å². The van der Waals surface area contributed by atoms with Crippen molar-refractivity contribution in [3.8, 4) is 34.0 Å². The number of amides is 1. The molecular formula is C40H39N7O3. The van der Waals surface area contributed by atoms with Crippen LogP contribution < -0.4 is 19.7 Å². The molecule has 252 valence electrons. The van der Waals surface area contributed by atoms with Crippen LogP contribution in [0.3, 0.4) is 0 Å². The maximum Gasteiger partial charge on any atom is 0.257 e. The second kappa shape index (κ2) is 13.2. The largest absolute Gasteiger partial charge is 0.497 e. The smallest absolute Gasteiger partial charge is 0.257 e. The van der Waals surface area contributed by atoms with Crippen LogP contribution in [0, 0.1) is 0 Å². The molecule has 2 aliphatic rings. The van der Waals surface area contributed by atoms with E-state index in [9.17, 15) is 4.79 Å². The van der Waals surface area contributed by atoms with Crippen LogP contribution in [0.1, 0.15) is 21.5 Å². The molecule has 1 fully saturated rings. The molecule has 0 aliphatic carbocycles. The van der Waals surface area contributed by atoms with Crippen LogP contribution >= 0.6 is 0 Å². The number of likely N-dealkylation sites (N-methyl/N-ethyl adjacent to an activating group) is 1. The Morgan fingerprint density at radius 2 is 1.64 bits per heavy atom. The number of nitrogens with one attached hydrogen (secondary N) is 2. The van der Waals surface area contributed by atoms with Gasteiger partial charge >= 0.3 is 0 Å². The zero-order chi connectivity index (χ0) is 34.2. The topological polar surface area (TPSA) is 98.9 Å². The first-order valence-electron chi connectivity index (χ1n) is 16.9. The highest BCUT2D eigenvalue weighted by atomic mass is 16.5. The Kier molecular flexibility index (Phi) is 8.30. The van der Waals surface area contributed by atoms with E-state index in [1.165, 1.54) is 0 Å². The lowest BCUT2D eigenvalue weighted by Crippen LogP contribution is -2.44. The van der Waals surface area contributed by atoms with Crippen molar-refractivity contribution in [1.29, 1.82) is 0 Å². The van der Waals surface area contributed by atoms with Crippen molar-refractivity contribution < 1.29 is 14.3 Å². The van der Waals surface area contributed by atoms with Crippen molar-refractivity contribution in [1.82, 2.24) is 24.8 Å². The summed E-state index contributed by atoms with van der Waals surface area (Å²) in [5.74, 6) is 1.93. The molecule has 50 heavy (non-hydrogen) atoms. The average Bonchev–Trinajstić information content (AvgIpc) is 3.71. The molecule has 0 bridgehead atoms. The Hall–Kier alpha value is -5.87. The molecule has 3 aromatic heterocycles. The normalized spacial score (nSPS) is 14.7. The summed E-state index contributed by atoms with van der Waals surface area (Å²) < 4.78 is 11.1. The van der Waals surface area contributed by atoms with Crippen LogP contribution in [0.15, 0.2) is 97.3 Å². The van der Waals surface area contributed by atoms with Gasteiger partial charge in [-0.05, 0) is 42.9 Å². The highest BCUT2D eigenvalue weighted by Crippen LogP contribution is 2.44. The van der Waals surface area contributed by atoms with Crippen LogP contribution in [0.4, 0.5) is 17.2 Å². The fourth-order valence-corrected chi connectivity index (χ4v) is 7.06. The molecule has 0 atom stereocenters. The molecular weight excluding hydrogens is 626 g/mol. The van der Waals surface area contributed by atoms with Gasteiger partial charge in [0, 0.05) is 72.9 Å². The monoisotopic (exact) mass is 665 g/mol. The summed E-state index contributed by atoms with van der Waals surface area (Å²) in [5, 5.41) is 4.50. The highest BCUT2D eigenvalue weighted by Gasteiger charge is 2.35. The van der Waals surface area contributed by atoms with Crippen LogP contribution in [-0.4, -0.2) is 78.1 Å². The minimum absolute atomic E-state index is 0.0841. The molecule has 6 aromatic rings. The van der Waals surface area contributed by atoms with Crippen LogP contribution in [-0.2, 0) is 13.1 Å². The van der Waals surface area contributed by atoms with E-state index in [2.05, 4.69) is 57.5 Å². The van der Waals surface area contributed by atoms with Gasteiger partial charge in [0.25, 0.3) is 5.91 Å². The third-order valence-electron chi connectivity index (χ3n) is 9.77. The molecule has 1 saturated heterocycles. The molecule has 1 amide bonds. The maximum absolute atomic E-state index is 14.5. The number of ether oxygens (including phenoxy) is 2. The van der Waals surface area contributed by atoms with Crippen LogP contribution in [0.2, 0.25) is 0 Å². The first-order valence-corrected chi connectivity index (χ1v) is 16.9. The Morgan fingerprint density at radius 3 is 2.40 bits per heavy atom. The molecule has 0 radical (unpaired) electrons. The maximum atomic E-state index is 14.5. The van der Waals surface area contributed by atoms with E-state index >= 15 is 0 Å². The molecule has 8 rings (SSSR count). The highest BCUT2D eigenvalue weighted by molar-refractivity contribution is 6.09. The summed E-state index contributed by atoms with van der Waals surface area (Å²) in [5.41, 5.74) is 8.82. The first-order chi connectivity index (χ1) is 24.5. The molecule has 0 spiro atoms. The lowest BCUT2D eigenvalue weighted by atomic mass is 9.96. The number of nitrogens with zero attached hydrogens (tertiary/aromatic N) is 5. The van der Waals surface area contributed by atoms with Gasteiger partial charge < -0.3 is 34.5 Å². The molecule has 0 saturated carbocycles. The number of hydrogen-bond acceptors (Lipinski definition) is 8. The number of fused-ring (bicyclic) bond motifs is 2. The van der Waals surface area contributed by atoms with Crippen molar-refractivity contribution in [3.05, 3.63) is 114 Å². The van der Waals surface area contributed by atoms with E-state index in [1.54, 1.807) is 20.4 Å². The van der Waals surface area contributed by atoms with E-state index in [0.717, 1.165) is 76.4 Å². The number of aromatic nitrogens is 3. The average molecular weight is 666 g/mol. The van der Waals surface area contributed by atoms with Gasteiger partial charge in [-0.25, -0.2) is 4.98 Å². The summed E-state index contributed by atoms with van der Waals surface area (Å²) in [6, 6.07) is 28.3. The summed E-state index contributed by atoms with van der Waals surface area (Å²) in [6.07, 6.45) is 3.67. The number of carbonyl (C=O) groups excluding carboxylic acids is 1. The SMILES string of the molecule is COc1ccc(CN2Cc3c(-c4c(-c5ccccc5)[nH]c5ccccc45)ncc(Nc4ccc(N5CCN(C)CC5)cn4)c3C2=O)c(OC)c1. The van der Waals surface area contributed by atoms with E-state index in [4.69, 9.17) is 19.4 Å². The third-order valence-corrected chi connectivity index (χ3v) is 9.77. The molecule has 2 aliphatic heterocycles. The van der Waals surface area contributed by atoms with Gasteiger partial charge in [-0.1, -0.05) is 48.5 Å². The quantitative estimate of drug-likeness (QED) is 0.171. The predicted molar refractivity (Wildman–Crippen MR) is 197 cm³/mol. The van der Waals surface area contributed by atoms with Gasteiger partial charge in [-0.3, -0.25) is 9.78 Å². The number of aromatic amines is 1. The van der Waals surface area contributed by atoms with Crippen LogP contribution in [0.5, 0.6) is 11.5 Å². The number of rotatable bonds is 9. The second-order valence-electron chi connectivity index (χ2n) is 12.8. The first kappa shape index (κ1) is 31.4. The zero-order valence-electron chi connectivity index (χ0n) is 28.4. The van der Waals surface area contributed by atoms with Gasteiger partial charge in [0.15, 0.2) is 0 Å². The number of hydrogen-bond donors (Lipinski definition) is 2. The number of carbonyl (C=O) groups is 1. The minimum atomic E-state index is -0.0841. The van der Waals surface area contributed by atoms with Crippen molar-refractivity contribution in [2.45, 2.75) is 13.1 Å². The summed E-state index contributed by atoms with van der Waals surface area (Å²) in [7, 11) is 5.41. The molecule has 3 aromatic carbocycles. The Labute approximate surface area is 291 Å². The Balaban J connectivity index is 1.21. The number of methoxy groups -OCH3 is 2.